The highest BCUT2D eigenvalue weighted by Gasteiger charge is 2.28. The Labute approximate surface area is 152 Å². The van der Waals surface area contributed by atoms with E-state index in [0.717, 1.165) is 31.5 Å². The number of sulfonamides is 1. The third kappa shape index (κ3) is 4.96. The standard InChI is InChI=1S/C19H31N3O2S/c1-3-16(14-20-17-4-5-17)21-18-6-8-19(9-7-18)25(23,24)22-12-10-15(2)11-13-22/h6-9,15-17,20-21H,3-5,10-14H2,1-2H3. The maximum atomic E-state index is 12.8. The van der Waals surface area contributed by atoms with Crippen molar-refractivity contribution in [3.63, 3.8) is 0 Å². The molecule has 1 saturated heterocycles. The van der Waals surface area contributed by atoms with Crippen molar-refractivity contribution >= 4 is 15.7 Å². The van der Waals surface area contributed by atoms with E-state index in [2.05, 4.69) is 24.5 Å². The lowest BCUT2D eigenvalue weighted by Crippen LogP contribution is -2.37. The van der Waals surface area contributed by atoms with E-state index in [0.29, 0.717) is 36.0 Å². The van der Waals surface area contributed by atoms with Crippen molar-refractivity contribution in [2.45, 2.75) is 62.9 Å². The average Bonchev–Trinajstić information content (AvgIpc) is 3.44. The molecular weight excluding hydrogens is 334 g/mol. The minimum Gasteiger partial charge on any atom is -0.381 e. The molecule has 1 atom stereocenters. The van der Waals surface area contributed by atoms with Gasteiger partial charge in [0.25, 0.3) is 0 Å². The van der Waals surface area contributed by atoms with E-state index in [4.69, 9.17) is 0 Å². The Morgan fingerprint density at radius 2 is 1.76 bits per heavy atom. The number of anilines is 1. The quantitative estimate of drug-likeness (QED) is 0.743. The summed E-state index contributed by atoms with van der Waals surface area (Å²) in [4.78, 5) is 0.400. The number of hydrogen-bond acceptors (Lipinski definition) is 4. The minimum absolute atomic E-state index is 0.367. The topological polar surface area (TPSA) is 61.4 Å². The lowest BCUT2D eigenvalue weighted by Gasteiger charge is -2.29. The zero-order valence-corrected chi connectivity index (χ0v) is 16.2. The van der Waals surface area contributed by atoms with Crippen molar-refractivity contribution in [2.75, 3.05) is 25.0 Å². The van der Waals surface area contributed by atoms with Gasteiger partial charge >= 0.3 is 0 Å². The highest BCUT2D eigenvalue weighted by molar-refractivity contribution is 7.89. The fraction of sp³-hybridized carbons (Fsp3) is 0.684. The summed E-state index contributed by atoms with van der Waals surface area (Å²) >= 11 is 0. The maximum absolute atomic E-state index is 12.8. The molecule has 1 heterocycles. The van der Waals surface area contributed by atoms with Gasteiger partial charge in [-0.15, -0.1) is 0 Å². The van der Waals surface area contributed by atoms with E-state index < -0.39 is 10.0 Å². The van der Waals surface area contributed by atoms with Crippen LogP contribution in [0.1, 0.15) is 46.0 Å². The summed E-state index contributed by atoms with van der Waals surface area (Å²) in [6.45, 7) is 6.57. The fourth-order valence-electron chi connectivity index (χ4n) is 3.23. The van der Waals surface area contributed by atoms with Gasteiger partial charge in [0.15, 0.2) is 0 Å². The Kier molecular flexibility index (Phi) is 6.02. The molecule has 1 saturated carbocycles. The third-order valence-corrected chi connectivity index (χ3v) is 7.24. The van der Waals surface area contributed by atoms with Gasteiger partial charge < -0.3 is 10.6 Å². The van der Waals surface area contributed by atoms with Crippen molar-refractivity contribution in [3.05, 3.63) is 24.3 Å². The van der Waals surface area contributed by atoms with Gasteiger partial charge in [-0.2, -0.15) is 4.31 Å². The number of piperidine rings is 1. The molecule has 5 nitrogen and oxygen atoms in total. The van der Waals surface area contributed by atoms with Crippen LogP contribution in [-0.4, -0.2) is 44.4 Å². The number of benzene rings is 1. The second kappa shape index (κ2) is 8.06. The first-order valence-electron chi connectivity index (χ1n) is 9.59. The van der Waals surface area contributed by atoms with Gasteiger partial charge in [-0.25, -0.2) is 8.42 Å². The van der Waals surface area contributed by atoms with E-state index in [9.17, 15) is 8.42 Å². The SMILES string of the molecule is CCC(CNC1CC1)Nc1ccc(S(=O)(=O)N2CCC(C)CC2)cc1. The number of hydrogen-bond donors (Lipinski definition) is 2. The van der Waals surface area contributed by atoms with Crippen LogP contribution in [0.3, 0.4) is 0 Å². The normalized spacial score (nSPS) is 21.2. The molecule has 0 bridgehead atoms. The zero-order valence-electron chi connectivity index (χ0n) is 15.4. The van der Waals surface area contributed by atoms with Crippen molar-refractivity contribution in [1.82, 2.24) is 9.62 Å². The first-order chi connectivity index (χ1) is 12.0. The highest BCUT2D eigenvalue weighted by Crippen LogP contribution is 2.24. The van der Waals surface area contributed by atoms with Crippen LogP contribution >= 0.6 is 0 Å². The second-order valence-electron chi connectivity index (χ2n) is 7.54. The lowest BCUT2D eigenvalue weighted by molar-refractivity contribution is 0.288. The summed E-state index contributed by atoms with van der Waals surface area (Å²) in [5.74, 6) is 0.619. The van der Waals surface area contributed by atoms with Crippen LogP contribution in [0.15, 0.2) is 29.2 Å². The molecule has 1 unspecified atom stereocenters. The molecule has 2 fully saturated rings. The van der Waals surface area contributed by atoms with Gasteiger partial charge in [0.2, 0.25) is 10.0 Å². The predicted molar refractivity (Wildman–Crippen MR) is 102 cm³/mol. The highest BCUT2D eigenvalue weighted by atomic mass is 32.2. The summed E-state index contributed by atoms with van der Waals surface area (Å²) in [6.07, 6.45) is 5.51. The summed E-state index contributed by atoms with van der Waals surface area (Å²) < 4.78 is 27.2. The summed E-state index contributed by atoms with van der Waals surface area (Å²) in [5, 5.41) is 7.05. The summed E-state index contributed by atoms with van der Waals surface area (Å²) in [5.41, 5.74) is 0.982. The first kappa shape index (κ1) is 18.7. The Bertz CT molecular complexity index is 648. The van der Waals surface area contributed by atoms with E-state index >= 15 is 0 Å². The number of rotatable bonds is 8. The van der Waals surface area contributed by atoms with Crippen LogP contribution in [0.5, 0.6) is 0 Å². The van der Waals surface area contributed by atoms with Crippen LogP contribution in [0.4, 0.5) is 5.69 Å². The molecule has 0 radical (unpaired) electrons. The molecule has 0 spiro atoms. The van der Waals surface area contributed by atoms with Gasteiger partial charge in [0, 0.05) is 37.4 Å². The molecule has 25 heavy (non-hydrogen) atoms. The summed E-state index contributed by atoms with van der Waals surface area (Å²) in [7, 11) is -3.36. The largest absolute Gasteiger partial charge is 0.381 e. The van der Waals surface area contributed by atoms with E-state index in [1.165, 1.54) is 12.8 Å². The third-order valence-electron chi connectivity index (χ3n) is 5.33. The molecule has 3 rings (SSSR count). The number of nitrogens with zero attached hydrogens (tertiary/aromatic N) is 1. The van der Waals surface area contributed by atoms with Crippen molar-refractivity contribution < 1.29 is 8.42 Å². The molecule has 1 aromatic rings. The molecule has 0 aromatic heterocycles. The monoisotopic (exact) mass is 365 g/mol. The van der Waals surface area contributed by atoms with E-state index in [-0.39, 0.29) is 0 Å². The van der Waals surface area contributed by atoms with Crippen LogP contribution in [0.2, 0.25) is 0 Å². The van der Waals surface area contributed by atoms with Gasteiger partial charge in [-0.1, -0.05) is 13.8 Å². The van der Waals surface area contributed by atoms with Gasteiger partial charge in [-0.05, 0) is 62.3 Å². The predicted octanol–water partition coefficient (Wildman–Crippen LogP) is 3.05. The molecule has 6 heteroatoms. The smallest absolute Gasteiger partial charge is 0.243 e. The van der Waals surface area contributed by atoms with E-state index in [1.807, 2.05) is 12.1 Å². The Hall–Kier alpha value is -1.11. The van der Waals surface area contributed by atoms with Gasteiger partial charge in [-0.3, -0.25) is 0 Å². The van der Waals surface area contributed by atoms with Gasteiger partial charge in [0.1, 0.15) is 0 Å². The van der Waals surface area contributed by atoms with Crippen molar-refractivity contribution in [2.24, 2.45) is 5.92 Å². The van der Waals surface area contributed by atoms with Crippen molar-refractivity contribution in [1.29, 1.82) is 0 Å². The van der Waals surface area contributed by atoms with E-state index in [1.54, 1.807) is 16.4 Å². The number of nitrogens with one attached hydrogen (secondary N) is 2. The van der Waals surface area contributed by atoms with Crippen LogP contribution in [0, 0.1) is 5.92 Å². The average molecular weight is 366 g/mol. The lowest BCUT2D eigenvalue weighted by atomic mass is 10.0. The molecular formula is C19H31N3O2S. The zero-order chi connectivity index (χ0) is 17.9. The van der Waals surface area contributed by atoms with Crippen LogP contribution < -0.4 is 10.6 Å². The van der Waals surface area contributed by atoms with Crippen LogP contribution in [-0.2, 0) is 10.0 Å². The summed E-state index contributed by atoms with van der Waals surface area (Å²) in [6, 6.07) is 8.31. The maximum Gasteiger partial charge on any atom is 0.243 e. The second-order valence-corrected chi connectivity index (χ2v) is 9.48. The molecule has 1 aromatic carbocycles. The van der Waals surface area contributed by atoms with Gasteiger partial charge in [0.05, 0.1) is 4.90 Å². The molecule has 1 aliphatic heterocycles. The molecule has 140 valence electrons. The molecule has 0 amide bonds. The fourth-order valence-corrected chi connectivity index (χ4v) is 4.70. The Morgan fingerprint density at radius 1 is 1.12 bits per heavy atom. The van der Waals surface area contributed by atoms with Crippen molar-refractivity contribution in [3.8, 4) is 0 Å². The van der Waals surface area contributed by atoms with Crippen LogP contribution in [0.25, 0.3) is 0 Å². The molecule has 2 N–H and O–H groups in total. The minimum atomic E-state index is -3.36. The Morgan fingerprint density at radius 3 is 2.32 bits per heavy atom. The molecule has 1 aliphatic carbocycles. The molecule has 2 aliphatic rings. The first-order valence-corrected chi connectivity index (χ1v) is 11.0. The Balaban J connectivity index is 1.60.